The number of benzene rings is 3. The third kappa shape index (κ3) is 3.35. The molecular weight excluding hydrogens is 360 g/mol. The second-order valence-corrected chi connectivity index (χ2v) is 6.44. The van der Waals surface area contributed by atoms with Crippen LogP contribution in [-0.4, -0.2) is 14.7 Å². The molecule has 0 radical (unpaired) electrons. The van der Waals surface area contributed by atoms with Gasteiger partial charge in [-0.25, -0.2) is 4.98 Å². The number of phenols is 1. The van der Waals surface area contributed by atoms with Gasteiger partial charge in [0.25, 0.3) is 5.56 Å². The number of halogens is 1. The number of fused-ring (bicyclic) bond motifs is 1. The Morgan fingerprint density at radius 2 is 1.59 bits per heavy atom. The van der Waals surface area contributed by atoms with Crippen molar-refractivity contribution >= 4 is 34.7 Å². The third-order valence-corrected chi connectivity index (χ3v) is 4.47. The highest BCUT2D eigenvalue weighted by Crippen LogP contribution is 2.22. The summed E-state index contributed by atoms with van der Waals surface area (Å²) in [6.07, 6.45) is 3.60. The van der Waals surface area contributed by atoms with Gasteiger partial charge in [0, 0.05) is 5.02 Å². The summed E-state index contributed by atoms with van der Waals surface area (Å²) in [5.41, 5.74) is 1.67. The molecule has 3 aromatic carbocycles. The number of aromatic nitrogens is 2. The number of hydrogen-bond donors (Lipinski definition) is 1. The van der Waals surface area contributed by atoms with Gasteiger partial charge in [-0.15, -0.1) is 0 Å². The summed E-state index contributed by atoms with van der Waals surface area (Å²) in [5.74, 6) is 0.438. The minimum Gasteiger partial charge on any atom is -0.506 e. The van der Waals surface area contributed by atoms with Gasteiger partial charge in [0.2, 0.25) is 0 Å². The summed E-state index contributed by atoms with van der Waals surface area (Å²) >= 11 is 5.93. The van der Waals surface area contributed by atoms with Gasteiger partial charge >= 0.3 is 0 Å². The summed E-state index contributed by atoms with van der Waals surface area (Å²) in [6, 6.07) is 21.2. The van der Waals surface area contributed by atoms with Crippen LogP contribution in [0.1, 0.15) is 11.4 Å². The van der Waals surface area contributed by atoms with Crippen molar-refractivity contribution in [1.82, 2.24) is 9.55 Å². The number of nitrogens with zero attached hydrogens (tertiary/aromatic N) is 2. The zero-order valence-corrected chi connectivity index (χ0v) is 15.0. The maximum Gasteiger partial charge on any atom is 0.266 e. The standard InChI is InChI=1S/C22H15ClN2O2/c23-16-12-9-15(10-13-16)11-14-21-24-18-6-2-1-5-17(18)22(27)25(21)19-7-3-4-8-20(19)26/h1-14,26H/b14-11+. The van der Waals surface area contributed by atoms with Crippen molar-refractivity contribution in [2.75, 3.05) is 0 Å². The van der Waals surface area contributed by atoms with E-state index in [2.05, 4.69) is 4.98 Å². The van der Waals surface area contributed by atoms with Gasteiger partial charge in [-0.2, -0.15) is 0 Å². The zero-order valence-electron chi connectivity index (χ0n) is 14.2. The Bertz CT molecular complexity index is 1210. The average Bonchev–Trinajstić information content (AvgIpc) is 2.69. The van der Waals surface area contributed by atoms with Crippen LogP contribution in [0.25, 0.3) is 28.7 Å². The summed E-state index contributed by atoms with van der Waals surface area (Å²) in [6.45, 7) is 0. The summed E-state index contributed by atoms with van der Waals surface area (Å²) < 4.78 is 1.42. The smallest absolute Gasteiger partial charge is 0.266 e. The third-order valence-electron chi connectivity index (χ3n) is 4.22. The van der Waals surface area contributed by atoms with Gasteiger partial charge in [-0.3, -0.25) is 9.36 Å². The molecule has 1 heterocycles. The van der Waals surface area contributed by atoms with Crippen molar-refractivity contribution < 1.29 is 5.11 Å². The number of phenolic OH excluding ortho intramolecular Hbond substituents is 1. The van der Waals surface area contributed by atoms with Gasteiger partial charge in [0.05, 0.1) is 16.6 Å². The van der Waals surface area contributed by atoms with Crippen molar-refractivity contribution in [3.05, 3.63) is 99.6 Å². The lowest BCUT2D eigenvalue weighted by molar-refractivity contribution is 0.471. The predicted molar refractivity (Wildman–Crippen MR) is 109 cm³/mol. The molecular formula is C22H15ClN2O2. The molecule has 132 valence electrons. The van der Waals surface area contributed by atoms with Crippen molar-refractivity contribution in [3.8, 4) is 11.4 Å². The average molecular weight is 375 g/mol. The van der Waals surface area contributed by atoms with Crippen LogP contribution >= 0.6 is 11.6 Å². The molecule has 0 bridgehead atoms. The molecule has 4 nitrogen and oxygen atoms in total. The zero-order chi connectivity index (χ0) is 18.8. The molecule has 5 heteroatoms. The Hall–Kier alpha value is -3.37. The quantitative estimate of drug-likeness (QED) is 0.554. The Labute approximate surface area is 160 Å². The topological polar surface area (TPSA) is 55.1 Å². The van der Waals surface area contributed by atoms with E-state index in [0.717, 1.165) is 5.56 Å². The molecule has 0 amide bonds. The first-order valence-electron chi connectivity index (χ1n) is 8.37. The molecule has 0 spiro atoms. The van der Waals surface area contributed by atoms with Crippen molar-refractivity contribution in [1.29, 1.82) is 0 Å². The molecule has 4 aromatic rings. The Balaban J connectivity index is 1.95. The molecule has 0 aliphatic heterocycles. The second kappa shape index (κ2) is 7.09. The second-order valence-electron chi connectivity index (χ2n) is 6.00. The van der Waals surface area contributed by atoms with E-state index in [-0.39, 0.29) is 11.3 Å². The van der Waals surface area contributed by atoms with Crippen LogP contribution in [0, 0.1) is 0 Å². The van der Waals surface area contributed by atoms with Crippen molar-refractivity contribution in [3.63, 3.8) is 0 Å². The monoisotopic (exact) mass is 374 g/mol. The van der Waals surface area contributed by atoms with E-state index in [1.165, 1.54) is 4.57 Å². The molecule has 0 saturated carbocycles. The molecule has 0 unspecified atom stereocenters. The molecule has 27 heavy (non-hydrogen) atoms. The van der Waals surface area contributed by atoms with E-state index < -0.39 is 0 Å². The molecule has 1 aromatic heterocycles. The summed E-state index contributed by atoms with van der Waals surface area (Å²) in [7, 11) is 0. The lowest BCUT2D eigenvalue weighted by Gasteiger charge is -2.12. The lowest BCUT2D eigenvalue weighted by atomic mass is 10.2. The molecule has 0 saturated heterocycles. The van der Waals surface area contributed by atoms with E-state index in [0.29, 0.717) is 27.4 Å². The highest BCUT2D eigenvalue weighted by Gasteiger charge is 2.13. The first-order valence-corrected chi connectivity index (χ1v) is 8.75. The van der Waals surface area contributed by atoms with Gasteiger partial charge in [-0.05, 0) is 48.0 Å². The number of rotatable bonds is 3. The lowest BCUT2D eigenvalue weighted by Crippen LogP contribution is -2.22. The van der Waals surface area contributed by atoms with Crippen LogP contribution < -0.4 is 5.56 Å². The van der Waals surface area contributed by atoms with E-state index in [1.807, 2.05) is 24.3 Å². The van der Waals surface area contributed by atoms with E-state index in [4.69, 9.17) is 11.6 Å². The predicted octanol–water partition coefficient (Wildman–Crippen LogP) is 4.92. The SMILES string of the molecule is O=c1c2ccccc2nc(/C=C/c2ccc(Cl)cc2)n1-c1ccccc1O. The fourth-order valence-corrected chi connectivity index (χ4v) is 3.02. The summed E-state index contributed by atoms with van der Waals surface area (Å²) in [5, 5.41) is 11.4. The fourth-order valence-electron chi connectivity index (χ4n) is 2.89. The first kappa shape index (κ1) is 17.1. The highest BCUT2D eigenvalue weighted by molar-refractivity contribution is 6.30. The van der Waals surface area contributed by atoms with Crippen LogP contribution in [0.2, 0.25) is 5.02 Å². The maximum absolute atomic E-state index is 13.1. The number of aromatic hydroxyl groups is 1. The number of para-hydroxylation sites is 3. The highest BCUT2D eigenvalue weighted by atomic mass is 35.5. The van der Waals surface area contributed by atoms with Crippen molar-refractivity contribution in [2.24, 2.45) is 0 Å². The van der Waals surface area contributed by atoms with E-state index >= 15 is 0 Å². The minimum absolute atomic E-state index is 0.0119. The van der Waals surface area contributed by atoms with Gasteiger partial charge in [0.15, 0.2) is 0 Å². The van der Waals surface area contributed by atoms with Crippen LogP contribution in [0.3, 0.4) is 0 Å². The van der Waals surface area contributed by atoms with Gasteiger partial charge < -0.3 is 5.11 Å². The molecule has 4 rings (SSSR count). The van der Waals surface area contributed by atoms with Crippen LogP contribution in [0.5, 0.6) is 5.75 Å². The van der Waals surface area contributed by atoms with Crippen molar-refractivity contribution in [2.45, 2.75) is 0 Å². The van der Waals surface area contributed by atoms with Gasteiger partial charge in [-0.1, -0.05) is 54.1 Å². The van der Waals surface area contributed by atoms with E-state index in [1.54, 1.807) is 60.7 Å². The number of hydrogen-bond acceptors (Lipinski definition) is 3. The Morgan fingerprint density at radius 1 is 0.889 bits per heavy atom. The first-order chi connectivity index (χ1) is 13.1. The normalized spacial score (nSPS) is 11.3. The van der Waals surface area contributed by atoms with E-state index in [9.17, 15) is 9.90 Å². The van der Waals surface area contributed by atoms with Crippen LogP contribution in [0.4, 0.5) is 0 Å². The molecule has 1 N–H and O–H groups in total. The minimum atomic E-state index is -0.238. The fraction of sp³-hybridized carbons (Fsp3) is 0. The molecule has 0 aliphatic rings. The van der Waals surface area contributed by atoms with Gasteiger partial charge in [0.1, 0.15) is 11.6 Å². The largest absolute Gasteiger partial charge is 0.506 e. The Morgan fingerprint density at radius 3 is 2.37 bits per heavy atom. The molecule has 0 fully saturated rings. The maximum atomic E-state index is 13.1. The van der Waals surface area contributed by atoms with Crippen LogP contribution in [-0.2, 0) is 0 Å². The van der Waals surface area contributed by atoms with Crippen LogP contribution in [0.15, 0.2) is 77.6 Å². The molecule has 0 atom stereocenters. The Kier molecular flexibility index (Phi) is 4.48. The molecule has 0 aliphatic carbocycles. The summed E-state index contributed by atoms with van der Waals surface area (Å²) in [4.78, 5) is 17.7.